The highest BCUT2D eigenvalue weighted by atomic mass is 32.2. The Balaban J connectivity index is 1.47. The first-order chi connectivity index (χ1) is 13.9. The highest BCUT2D eigenvalue weighted by Crippen LogP contribution is 2.23. The lowest BCUT2D eigenvalue weighted by Gasteiger charge is -2.35. The van der Waals surface area contributed by atoms with Gasteiger partial charge in [0.25, 0.3) is 0 Å². The van der Waals surface area contributed by atoms with Gasteiger partial charge in [-0.05, 0) is 26.0 Å². The number of hydrogen-bond donors (Lipinski definition) is 0. The van der Waals surface area contributed by atoms with Crippen LogP contribution in [0.5, 0.6) is 0 Å². The zero-order chi connectivity index (χ0) is 20.4. The Morgan fingerprint density at radius 3 is 1.97 bits per heavy atom. The molecule has 9 heteroatoms. The fourth-order valence-electron chi connectivity index (χ4n) is 3.67. The fraction of sp³-hybridized carbons (Fsp3) is 0.500. The van der Waals surface area contributed by atoms with Gasteiger partial charge in [0.15, 0.2) is 0 Å². The maximum Gasteiger partial charge on any atom is 0.243 e. The van der Waals surface area contributed by atoms with Crippen molar-refractivity contribution in [2.24, 2.45) is 0 Å². The lowest BCUT2D eigenvalue weighted by atomic mass is 10.2. The lowest BCUT2D eigenvalue weighted by Crippen LogP contribution is -2.49. The Kier molecular flexibility index (Phi) is 5.71. The van der Waals surface area contributed by atoms with E-state index in [0.717, 1.165) is 36.1 Å². The molecule has 0 amide bonds. The van der Waals surface area contributed by atoms with Gasteiger partial charge in [-0.1, -0.05) is 17.7 Å². The molecule has 1 aromatic heterocycles. The molecule has 0 bridgehead atoms. The van der Waals surface area contributed by atoms with Crippen molar-refractivity contribution in [1.29, 1.82) is 0 Å². The van der Waals surface area contributed by atoms with Crippen LogP contribution in [0.4, 0.5) is 11.6 Å². The predicted molar refractivity (Wildman–Crippen MR) is 112 cm³/mol. The van der Waals surface area contributed by atoms with Crippen molar-refractivity contribution in [2.45, 2.75) is 18.7 Å². The number of ether oxygens (including phenoxy) is 1. The van der Waals surface area contributed by atoms with Crippen molar-refractivity contribution in [3.8, 4) is 0 Å². The van der Waals surface area contributed by atoms with Crippen LogP contribution in [0.1, 0.15) is 11.4 Å². The van der Waals surface area contributed by atoms with E-state index in [0.29, 0.717) is 44.3 Å². The molecule has 0 saturated carbocycles. The number of rotatable bonds is 4. The summed E-state index contributed by atoms with van der Waals surface area (Å²) < 4.78 is 32.8. The van der Waals surface area contributed by atoms with Gasteiger partial charge in [-0.2, -0.15) is 4.31 Å². The number of piperazine rings is 1. The van der Waals surface area contributed by atoms with E-state index < -0.39 is 10.0 Å². The molecule has 2 fully saturated rings. The molecule has 2 saturated heterocycles. The van der Waals surface area contributed by atoms with E-state index in [4.69, 9.17) is 4.74 Å². The van der Waals surface area contributed by atoms with Crippen LogP contribution >= 0.6 is 0 Å². The summed E-state index contributed by atoms with van der Waals surface area (Å²) in [6, 6.07) is 9.03. The van der Waals surface area contributed by atoms with Gasteiger partial charge in [0.1, 0.15) is 17.5 Å². The van der Waals surface area contributed by atoms with Gasteiger partial charge >= 0.3 is 0 Å². The van der Waals surface area contributed by atoms with Crippen molar-refractivity contribution >= 4 is 21.7 Å². The molecule has 2 aliphatic rings. The molecule has 0 aliphatic carbocycles. The predicted octanol–water partition coefficient (Wildman–Crippen LogP) is 1.44. The minimum Gasteiger partial charge on any atom is -0.378 e. The highest BCUT2D eigenvalue weighted by molar-refractivity contribution is 7.89. The second kappa shape index (κ2) is 8.25. The molecular formula is C20H27N5O3S. The molecule has 2 aromatic rings. The topological polar surface area (TPSA) is 78.9 Å². The van der Waals surface area contributed by atoms with Crippen molar-refractivity contribution < 1.29 is 13.2 Å². The van der Waals surface area contributed by atoms with Crippen LogP contribution in [0, 0.1) is 13.8 Å². The van der Waals surface area contributed by atoms with Gasteiger partial charge in [-0.25, -0.2) is 18.4 Å². The van der Waals surface area contributed by atoms with E-state index in [-0.39, 0.29) is 0 Å². The van der Waals surface area contributed by atoms with Gasteiger partial charge in [-0.3, -0.25) is 0 Å². The van der Waals surface area contributed by atoms with Crippen LogP contribution in [0.2, 0.25) is 0 Å². The number of aryl methyl sites for hydroxylation is 2. The van der Waals surface area contributed by atoms with Crippen molar-refractivity contribution in [3.63, 3.8) is 0 Å². The molecule has 156 valence electrons. The summed E-state index contributed by atoms with van der Waals surface area (Å²) in [5.41, 5.74) is 1.05. The third-order valence-corrected chi connectivity index (χ3v) is 7.28. The minimum atomic E-state index is -3.47. The number of morpholine rings is 1. The van der Waals surface area contributed by atoms with Gasteiger partial charge in [0, 0.05) is 45.3 Å². The number of benzene rings is 1. The molecule has 0 unspecified atom stereocenters. The molecule has 2 aliphatic heterocycles. The summed E-state index contributed by atoms with van der Waals surface area (Å²) in [6.45, 7) is 8.96. The molecule has 3 heterocycles. The number of sulfonamides is 1. The number of hydrogen-bond acceptors (Lipinski definition) is 7. The number of aromatic nitrogens is 2. The van der Waals surface area contributed by atoms with Gasteiger partial charge < -0.3 is 14.5 Å². The van der Waals surface area contributed by atoms with E-state index in [9.17, 15) is 8.42 Å². The molecule has 8 nitrogen and oxygen atoms in total. The summed E-state index contributed by atoms with van der Waals surface area (Å²) >= 11 is 0. The maximum atomic E-state index is 12.9. The Morgan fingerprint density at radius 2 is 1.38 bits per heavy atom. The first kappa shape index (κ1) is 20.1. The van der Waals surface area contributed by atoms with E-state index in [2.05, 4.69) is 19.8 Å². The van der Waals surface area contributed by atoms with Gasteiger partial charge in [0.2, 0.25) is 10.0 Å². The fourth-order valence-corrected chi connectivity index (χ4v) is 5.09. The zero-order valence-electron chi connectivity index (χ0n) is 16.9. The summed E-state index contributed by atoms with van der Waals surface area (Å²) in [7, 11) is -3.47. The second-order valence-corrected chi connectivity index (χ2v) is 9.37. The largest absolute Gasteiger partial charge is 0.378 e. The van der Waals surface area contributed by atoms with Crippen LogP contribution < -0.4 is 9.80 Å². The van der Waals surface area contributed by atoms with Crippen LogP contribution in [0.25, 0.3) is 0 Å². The molecular weight excluding hydrogens is 390 g/mol. The normalized spacial score (nSPS) is 18.8. The van der Waals surface area contributed by atoms with Crippen molar-refractivity contribution in [2.75, 3.05) is 62.3 Å². The third-order valence-electron chi connectivity index (χ3n) is 5.37. The van der Waals surface area contributed by atoms with E-state index in [1.807, 2.05) is 32.0 Å². The molecule has 0 N–H and O–H groups in total. The second-order valence-electron chi connectivity index (χ2n) is 7.44. The smallest absolute Gasteiger partial charge is 0.243 e. The summed E-state index contributed by atoms with van der Waals surface area (Å²) in [4.78, 5) is 13.9. The molecule has 0 radical (unpaired) electrons. The van der Waals surface area contributed by atoms with Crippen molar-refractivity contribution in [3.05, 3.63) is 41.7 Å². The molecule has 0 spiro atoms. The van der Waals surface area contributed by atoms with Crippen molar-refractivity contribution in [1.82, 2.24) is 14.3 Å². The summed E-state index contributed by atoms with van der Waals surface area (Å²) in [6.07, 6.45) is 0. The van der Waals surface area contributed by atoms with E-state index in [1.54, 1.807) is 16.4 Å². The molecule has 1 aromatic carbocycles. The van der Waals surface area contributed by atoms with E-state index in [1.165, 1.54) is 0 Å². The van der Waals surface area contributed by atoms with Crippen LogP contribution in [-0.2, 0) is 14.8 Å². The number of anilines is 2. The highest BCUT2D eigenvalue weighted by Gasteiger charge is 2.29. The average molecular weight is 418 g/mol. The SMILES string of the molecule is Cc1ccc(S(=O)(=O)N2CCN(c3cc(N4CCOCC4)nc(C)n3)CC2)cc1. The average Bonchev–Trinajstić information content (AvgIpc) is 2.74. The Hall–Kier alpha value is -2.23. The first-order valence-corrected chi connectivity index (χ1v) is 11.4. The van der Waals surface area contributed by atoms with Gasteiger partial charge in [0.05, 0.1) is 18.1 Å². The van der Waals surface area contributed by atoms with E-state index >= 15 is 0 Å². The van der Waals surface area contributed by atoms with Crippen LogP contribution in [0.3, 0.4) is 0 Å². The van der Waals surface area contributed by atoms with Gasteiger partial charge in [-0.15, -0.1) is 0 Å². The molecule has 4 rings (SSSR count). The monoisotopic (exact) mass is 417 g/mol. The maximum absolute atomic E-state index is 12.9. The quantitative estimate of drug-likeness (QED) is 0.745. The lowest BCUT2D eigenvalue weighted by molar-refractivity contribution is 0.122. The van der Waals surface area contributed by atoms with Crippen LogP contribution in [-0.4, -0.2) is 75.2 Å². The number of nitrogens with zero attached hydrogens (tertiary/aromatic N) is 5. The Morgan fingerprint density at radius 1 is 0.828 bits per heavy atom. The minimum absolute atomic E-state index is 0.351. The third kappa shape index (κ3) is 4.36. The zero-order valence-corrected chi connectivity index (χ0v) is 17.7. The standard InChI is InChI=1S/C20H27N5O3S/c1-16-3-5-18(6-4-16)29(26,27)25-9-7-23(8-10-25)19-15-20(22-17(2)21-19)24-11-13-28-14-12-24/h3-6,15H,7-14H2,1-2H3. The molecule has 0 atom stereocenters. The Labute approximate surface area is 172 Å². The summed E-state index contributed by atoms with van der Waals surface area (Å²) in [5.74, 6) is 2.48. The summed E-state index contributed by atoms with van der Waals surface area (Å²) in [5, 5.41) is 0. The molecule has 29 heavy (non-hydrogen) atoms. The first-order valence-electron chi connectivity index (χ1n) is 9.94. The van der Waals surface area contributed by atoms with Crippen LogP contribution in [0.15, 0.2) is 35.2 Å². The Bertz CT molecular complexity index is 951.